The number of hydrogen-bond donors (Lipinski definition) is 1. The minimum Gasteiger partial charge on any atom is -0.314 e. The largest absolute Gasteiger partial charge is 0.314 e. The topological polar surface area (TPSA) is 76.4 Å². The van der Waals surface area contributed by atoms with Gasteiger partial charge in [-0.25, -0.2) is 0 Å². The number of benzene rings is 1. The molecule has 1 saturated heterocycles. The van der Waals surface area contributed by atoms with E-state index < -0.39 is 10.2 Å². The van der Waals surface area contributed by atoms with Crippen LogP contribution in [0.2, 0.25) is 0 Å². The summed E-state index contributed by atoms with van der Waals surface area (Å²) in [7, 11) is -2.02. The molecule has 1 fully saturated rings. The van der Waals surface area contributed by atoms with Gasteiger partial charge in [-0.1, -0.05) is 6.07 Å². The predicted octanol–water partition coefficient (Wildman–Crippen LogP) is 0.144. The molecule has 0 atom stereocenters. The van der Waals surface area contributed by atoms with Crippen LogP contribution in [0.25, 0.3) is 0 Å². The van der Waals surface area contributed by atoms with Crippen molar-refractivity contribution in [1.82, 2.24) is 9.62 Å². The van der Waals surface area contributed by atoms with Gasteiger partial charge in [0.15, 0.2) is 0 Å². The monoisotopic (exact) mass is 280 g/mol. The van der Waals surface area contributed by atoms with E-state index in [0.29, 0.717) is 37.4 Å². The summed E-state index contributed by atoms with van der Waals surface area (Å²) < 4.78 is 27.5. The van der Waals surface area contributed by atoms with Gasteiger partial charge in [-0.2, -0.15) is 18.0 Å². The minimum absolute atomic E-state index is 0.444. The second-order valence-corrected chi connectivity index (χ2v) is 6.25. The van der Waals surface area contributed by atoms with Gasteiger partial charge >= 0.3 is 10.2 Å². The highest BCUT2D eigenvalue weighted by molar-refractivity contribution is 7.90. The Kier molecular flexibility index (Phi) is 4.04. The molecule has 0 spiro atoms. The first-order valence-corrected chi connectivity index (χ1v) is 7.40. The number of hydrogen-bond acceptors (Lipinski definition) is 4. The second-order valence-electron chi connectivity index (χ2n) is 4.29. The van der Waals surface area contributed by atoms with Crippen molar-refractivity contribution in [2.75, 3.05) is 37.5 Å². The molecule has 1 aromatic rings. The van der Waals surface area contributed by atoms with Gasteiger partial charge < -0.3 is 5.32 Å². The van der Waals surface area contributed by atoms with E-state index in [4.69, 9.17) is 5.26 Å². The van der Waals surface area contributed by atoms with Gasteiger partial charge in [-0.15, -0.1) is 0 Å². The van der Waals surface area contributed by atoms with E-state index in [0.717, 1.165) is 0 Å². The third-order valence-electron chi connectivity index (χ3n) is 3.09. The van der Waals surface area contributed by atoms with Crippen molar-refractivity contribution in [3.05, 3.63) is 29.8 Å². The Morgan fingerprint density at radius 2 is 2.05 bits per heavy atom. The number of nitrogens with zero attached hydrogens (tertiary/aromatic N) is 3. The molecule has 0 amide bonds. The Morgan fingerprint density at radius 1 is 1.37 bits per heavy atom. The number of nitrogens with one attached hydrogen (secondary N) is 1. The molecular weight excluding hydrogens is 264 g/mol. The molecule has 2 rings (SSSR count). The Bertz CT molecular complexity index is 588. The maximum atomic E-state index is 12.4. The Hall–Kier alpha value is -1.62. The summed E-state index contributed by atoms with van der Waals surface area (Å²) in [6.07, 6.45) is 0. The molecule has 0 bridgehead atoms. The van der Waals surface area contributed by atoms with Gasteiger partial charge in [0.2, 0.25) is 0 Å². The lowest BCUT2D eigenvalue weighted by Crippen LogP contribution is -2.51. The Balaban J connectivity index is 2.26. The maximum absolute atomic E-state index is 12.4. The lowest BCUT2D eigenvalue weighted by molar-refractivity contribution is 0.359. The van der Waals surface area contributed by atoms with Crippen LogP contribution in [0.1, 0.15) is 5.56 Å². The number of rotatable bonds is 3. The van der Waals surface area contributed by atoms with E-state index in [1.807, 2.05) is 6.07 Å². The second kappa shape index (κ2) is 5.57. The van der Waals surface area contributed by atoms with Crippen LogP contribution in [-0.2, 0) is 10.2 Å². The van der Waals surface area contributed by atoms with E-state index in [1.165, 1.54) is 15.7 Å². The molecule has 7 heteroatoms. The summed E-state index contributed by atoms with van der Waals surface area (Å²) in [6, 6.07) is 8.58. The first-order chi connectivity index (χ1) is 9.05. The fraction of sp³-hybridized carbons (Fsp3) is 0.417. The summed E-state index contributed by atoms with van der Waals surface area (Å²) in [5.41, 5.74) is 0.942. The van der Waals surface area contributed by atoms with Crippen LogP contribution in [0.3, 0.4) is 0 Å². The zero-order valence-corrected chi connectivity index (χ0v) is 11.5. The fourth-order valence-electron chi connectivity index (χ4n) is 1.95. The van der Waals surface area contributed by atoms with Crippen molar-refractivity contribution in [2.24, 2.45) is 0 Å². The Labute approximate surface area is 113 Å². The number of nitriles is 1. The highest BCUT2D eigenvalue weighted by Gasteiger charge is 2.28. The fourth-order valence-corrected chi connectivity index (χ4v) is 3.32. The summed E-state index contributed by atoms with van der Waals surface area (Å²) in [4.78, 5) is 0. The zero-order chi connectivity index (χ0) is 13.9. The third kappa shape index (κ3) is 2.87. The van der Waals surface area contributed by atoms with Gasteiger partial charge in [0, 0.05) is 33.2 Å². The average molecular weight is 280 g/mol. The molecule has 1 aliphatic heterocycles. The molecule has 0 aliphatic carbocycles. The average Bonchev–Trinajstić information content (AvgIpc) is 2.47. The van der Waals surface area contributed by atoms with Crippen molar-refractivity contribution < 1.29 is 8.42 Å². The van der Waals surface area contributed by atoms with E-state index >= 15 is 0 Å². The molecule has 6 nitrogen and oxygen atoms in total. The highest BCUT2D eigenvalue weighted by atomic mass is 32.2. The lowest BCUT2D eigenvalue weighted by Gasteiger charge is -2.31. The van der Waals surface area contributed by atoms with Gasteiger partial charge in [-0.05, 0) is 18.2 Å². The molecule has 0 saturated carbocycles. The zero-order valence-electron chi connectivity index (χ0n) is 10.7. The van der Waals surface area contributed by atoms with Gasteiger partial charge in [0.25, 0.3) is 0 Å². The first-order valence-electron chi connectivity index (χ1n) is 6.00. The van der Waals surface area contributed by atoms with Gasteiger partial charge in [-0.3, -0.25) is 4.31 Å². The number of piperazine rings is 1. The maximum Gasteiger partial charge on any atom is 0.303 e. The van der Waals surface area contributed by atoms with E-state index in [-0.39, 0.29) is 0 Å². The summed E-state index contributed by atoms with van der Waals surface area (Å²) >= 11 is 0. The van der Waals surface area contributed by atoms with Gasteiger partial charge in [0.1, 0.15) is 0 Å². The van der Waals surface area contributed by atoms with Crippen molar-refractivity contribution in [2.45, 2.75) is 0 Å². The van der Waals surface area contributed by atoms with E-state index in [2.05, 4.69) is 5.32 Å². The quantitative estimate of drug-likeness (QED) is 0.854. The van der Waals surface area contributed by atoms with Crippen LogP contribution in [0.15, 0.2) is 24.3 Å². The smallest absolute Gasteiger partial charge is 0.303 e. The standard InChI is InChI=1S/C12H16N4O2S/c1-15(12-4-2-3-11(9-12)10-13)19(17,18)16-7-5-14-6-8-16/h2-4,9,14H,5-8H2,1H3. The minimum atomic E-state index is -3.52. The van der Waals surface area contributed by atoms with Crippen molar-refractivity contribution in [3.8, 4) is 6.07 Å². The molecule has 19 heavy (non-hydrogen) atoms. The lowest BCUT2D eigenvalue weighted by atomic mass is 10.2. The van der Waals surface area contributed by atoms with Crippen molar-refractivity contribution in [1.29, 1.82) is 5.26 Å². The summed E-state index contributed by atoms with van der Waals surface area (Å²) in [5, 5.41) is 12.0. The Morgan fingerprint density at radius 3 is 2.68 bits per heavy atom. The SMILES string of the molecule is CN(c1cccc(C#N)c1)S(=O)(=O)N1CCNCC1. The van der Waals surface area contributed by atoms with Crippen molar-refractivity contribution >= 4 is 15.9 Å². The molecule has 0 aromatic heterocycles. The summed E-state index contributed by atoms with van der Waals surface area (Å²) in [6.45, 7) is 2.24. The van der Waals surface area contributed by atoms with Gasteiger partial charge in [0.05, 0.1) is 17.3 Å². The molecular formula is C12H16N4O2S. The van der Waals surface area contributed by atoms with Crippen LogP contribution < -0.4 is 9.62 Å². The third-order valence-corrected chi connectivity index (χ3v) is 5.01. The first kappa shape index (κ1) is 13.8. The van der Waals surface area contributed by atoms with Crippen LogP contribution in [-0.4, -0.2) is 45.9 Å². The molecule has 102 valence electrons. The molecule has 1 heterocycles. The molecule has 1 N–H and O–H groups in total. The van der Waals surface area contributed by atoms with E-state index in [9.17, 15) is 8.42 Å². The molecule has 1 aromatic carbocycles. The van der Waals surface area contributed by atoms with Crippen LogP contribution in [0, 0.1) is 11.3 Å². The van der Waals surface area contributed by atoms with Crippen LogP contribution >= 0.6 is 0 Å². The highest BCUT2D eigenvalue weighted by Crippen LogP contribution is 2.20. The number of anilines is 1. The van der Waals surface area contributed by atoms with Crippen LogP contribution in [0.5, 0.6) is 0 Å². The van der Waals surface area contributed by atoms with Crippen molar-refractivity contribution in [3.63, 3.8) is 0 Å². The summed E-state index contributed by atoms with van der Waals surface area (Å²) in [5.74, 6) is 0. The predicted molar refractivity (Wildman–Crippen MR) is 72.9 cm³/mol. The normalized spacial score (nSPS) is 16.8. The molecule has 0 unspecified atom stereocenters. The molecule has 1 aliphatic rings. The molecule has 0 radical (unpaired) electrons. The van der Waals surface area contributed by atoms with E-state index in [1.54, 1.807) is 24.3 Å². The van der Waals surface area contributed by atoms with Crippen LogP contribution in [0.4, 0.5) is 5.69 Å².